The summed E-state index contributed by atoms with van der Waals surface area (Å²) in [6.45, 7) is -1.32. The summed E-state index contributed by atoms with van der Waals surface area (Å²) in [4.78, 5) is 78.1. The Morgan fingerprint density at radius 2 is 1.35 bits per heavy atom. The fourth-order valence-electron chi connectivity index (χ4n) is 3.88. The Morgan fingerprint density at radius 1 is 0.796 bits per heavy atom. The molecule has 0 aliphatic rings. The van der Waals surface area contributed by atoms with Gasteiger partial charge in [-0.1, -0.05) is 60.7 Å². The van der Waals surface area contributed by atoms with E-state index in [4.69, 9.17) is 24.1 Å². The van der Waals surface area contributed by atoms with Gasteiger partial charge in [0.25, 0.3) is 0 Å². The topological polar surface area (TPSA) is 235 Å². The molecule has 0 fully saturated rings. The molecule has 0 aliphatic heterocycles. The van der Waals surface area contributed by atoms with E-state index in [-0.39, 0.29) is 51.6 Å². The van der Waals surface area contributed by atoms with Crippen LogP contribution in [0.1, 0.15) is 30.4 Å². The molecule has 0 unspecified atom stereocenters. The molecule has 0 aliphatic carbocycles. The zero-order chi connectivity index (χ0) is 35.9. The number of aliphatic carboxylic acids is 1. The van der Waals surface area contributed by atoms with Gasteiger partial charge in [-0.3, -0.25) is 30.2 Å². The third kappa shape index (κ3) is 17.0. The monoisotopic (exact) mass is 687 g/mol. The molecule has 0 aromatic heterocycles. The maximum atomic E-state index is 12.7. The molecule has 2 aromatic rings. The number of carboxylic acid groups (broad SMARTS) is 1. The van der Waals surface area contributed by atoms with E-state index in [2.05, 4.69) is 32.0 Å². The van der Waals surface area contributed by atoms with Crippen molar-refractivity contribution in [3.63, 3.8) is 0 Å². The number of hydrogen-bond acceptors (Lipinski definition) is 11. The van der Waals surface area contributed by atoms with Crippen molar-refractivity contribution in [1.82, 2.24) is 31.9 Å². The zero-order valence-corrected chi connectivity index (χ0v) is 27.1. The number of ether oxygens (including phenoxy) is 4. The number of carboxylic acids is 1. The van der Waals surface area contributed by atoms with Gasteiger partial charge in [0, 0.05) is 13.7 Å². The number of guanidine groups is 1. The molecule has 0 spiro atoms. The average Bonchev–Trinajstić information content (AvgIpc) is 3.10. The Kier molecular flexibility index (Phi) is 18.1. The first-order valence-corrected chi connectivity index (χ1v) is 15.0. The predicted molar refractivity (Wildman–Crippen MR) is 172 cm³/mol. The first-order valence-electron chi connectivity index (χ1n) is 15.0. The van der Waals surface area contributed by atoms with Gasteiger partial charge in [0.15, 0.2) is 0 Å². The Balaban J connectivity index is 1.98. The highest BCUT2D eigenvalue weighted by Gasteiger charge is 2.25. The number of hydrogen-bond donors (Lipinski definition) is 6. The largest absolute Gasteiger partial charge is 0.480 e. The van der Waals surface area contributed by atoms with Crippen molar-refractivity contribution in [2.24, 2.45) is 4.99 Å². The second-order valence-corrected chi connectivity index (χ2v) is 10.0. The number of amides is 4. The molecule has 1 atom stereocenters. The summed E-state index contributed by atoms with van der Waals surface area (Å²) >= 11 is 0. The molecule has 18 heteroatoms. The van der Waals surface area contributed by atoms with E-state index < -0.39 is 55.1 Å². The molecular formula is C31H41N7O11. The number of benzene rings is 2. The van der Waals surface area contributed by atoms with Crippen molar-refractivity contribution < 1.29 is 52.8 Å². The van der Waals surface area contributed by atoms with Crippen LogP contribution in [-0.2, 0) is 51.3 Å². The van der Waals surface area contributed by atoms with Crippen molar-refractivity contribution >= 4 is 41.9 Å². The third-order valence-corrected chi connectivity index (χ3v) is 6.27. The molecule has 2 aromatic carbocycles. The van der Waals surface area contributed by atoms with Crippen LogP contribution >= 0.6 is 0 Å². The summed E-state index contributed by atoms with van der Waals surface area (Å²) in [7, 11) is 2.50. The molecule has 0 heterocycles. The van der Waals surface area contributed by atoms with Gasteiger partial charge in [-0.2, -0.15) is 0 Å². The van der Waals surface area contributed by atoms with Crippen LogP contribution in [0, 0.1) is 0 Å². The summed E-state index contributed by atoms with van der Waals surface area (Å²) in [5, 5.41) is 11.6. The molecular weight excluding hydrogens is 646 g/mol. The molecule has 6 N–H and O–H groups in total. The Labute approximate surface area is 282 Å². The minimum Gasteiger partial charge on any atom is -0.480 e. The molecule has 2 rings (SSSR count). The number of carbonyl (C=O) groups is 6. The van der Waals surface area contributed by atoms with Crippen LogP contribution in [0.4, 0.5) is 9.59 Å². The lowest BCUT2D eigenvalue weighted by Crippen LogP contribution is -2.53. The van der Waals surface area contributed by atoms with Gasteiger partial charge in [0.2, 0.25) is 17.8 Å². The summed E-state index contributed by atoms with van der Waals surface area (Å²) in [5.74, 6) is -3.64. The lowest BCUT2D eigenvalue weighted by molar-refractivity contribution is -0.148. The SMILES string of the molecule is COCCC(=O)N(CC(=O)O)CC(=O)N[C@@H](CCCN=C(NNC(=O)OCc1ccccc1)NNC(=O)OCc1ccccc1)C(=O)OC. The fraction of sp³-hybridized carbons (Fsp3) is 0.387. The first kappa shape index (κ1) is 39.3. The summed E-state index contributed by atoms with van der Waals surface area (Å²) in [5.41, 5.74) is 11.1. The maximum Gasteiger partial charge on any atom is 0.426 e. The van der Waals surface area contributed by atoms with Gasteiger partial charge in [-0.15, -0.1) is 0 Å². The summed E-state index contributed by atoms with van der Waals surface area (Å²) in [6.07, 6.45) is -1.65. The second-order valence-electron chi connectivity index (χ2n) is 10.0. The summed E-state index contributed by atoms with van der Waals surface area (Å²) in [6, 6.07) is 16.8. The van der Waals surface area contributed by atoms with Gasteiger partial charge >= 0.3 is 24.1 Å². The molecule has 266 valence electrons. The lowest BCUT2D eigenvalue weighted by Gasteiger charge is -2.22. The third-order valence-electron chi connectivity index (χ3n) is 6.27. The Morgan fingerprint density at radius 3 is 1.84 bits per heavy atom. The van der Waals surface area contributed by atoms with Crippen molar-refractivity contribution in [3.05, 3.63) is 71.8 Å². The standard InChI is InChI=1S/C31H41N7O11/c1-46-17-15-26(40)38(19-27(41)42)18-25(39)33-24(28(43)47-2)14-9-16-32-29(34-36-30(44)48-20-22-10-5-3-6-11-22)35-37-31(45)49-21-23-12-7-4-8-13-23/h3-8,10-13,24H,9,14-21H2,1-2H3,(H,33,39)(H,36,44)(H,37,45)(H,41,42)(H2,32,34,35)/t24-/m0/s1. The molecule has 0 radical (unpaired) electrons. The predicted octanol–water partition coefficient (Wildman–Crippen LogP) is 0.592. The van der Waals surface area contributed by atoms with Crippen LogP contribution < -0.4 is 27.0 Å². The van der Waals surface area contributed by atoms with Crippen LogP contribution in [0.3, 0.4) is 0 Å². The van der Waals surface area contributed by atoms with E-state index in [1.165, 1.54) is 7.11 Å². The highest BCUT2D eigenvalue weighted by molar-refractivity contribution is 5.90. The van der Waals surface area contributed by atoms with Crippen molar-refractivity contribution in [1.29, 1.82) is 0 Å². The quantitative estimate of drug-likeness (QED) is 0.0334. The first-order chi connectivity index (χ1) is 23.6. The van der Waals surface area contributed by atoms with Crippen LogP contribution in [0.2, 0.25) is 0 Å². The number of rotatable bonds is 17. The van der Waals surface area contributed by atoms with E-state index in [9.17, 15) is 28.8 Å². The number of nitrogens with one attached hydrogen (secondary N) is 5. The number of carbonyl (C=O) groups excluding carboxylic acids is 5. The van der Waals surface area contributed by atoms with Crippen LogP contribution in [0.25, 0.3) is 0 Å². The second kappa shape index (κ2) is 22.6. The molecule has 49 heavy (non-hydrogen) atoms. The minimum atomic E-state index is -1.32. The fourth-order valence-corrected chi connectivity index (χ4v) is 3.88. The normalized spacial score (nSPS) is 10.7. The molecule has 0 saturated heterocycles. The number of aliphatic imine (C=N–C) groups is 1. The summed E-state index contributed by atoms with van der Waals surface area (Å²) < 4.78 is 19.9. The zero-order valence-electron chi connectivity index (χ0n) is 27.1. The van der Waals surface area contributed by atoms with Gasteiger partial charge < -0.3 is 34.3 Å². The number of nitrogens with zero attached hydrogens (tertiary/aromatic N) is 2. The molecule has 4 amide bonds. The Bertz CT molecular complexity index is 1330. The molecule has 18 nitrogen and oxygen atoms in total. The lowest BCUT2D eigenvalue weighted by atomic mass is 10.1. The molecule has 0 bridgehead atoms. The van der Waals surface area contributed by atoms with E-state index in [0.29, 0.717) is 0 Å². The number of hydrazine groups is 2. The van der Waals surface area contributed by atoms with Crippen molar-refractivity contribution in [2.75, 3.05) is 40.5 Å². The van der Waals surface area contributed by atoms with E-state index >= 15 is 0 Å². The van der Waals surface area contributed by atoms with Crippen LogP contribution in [0.5, 0.6) is 0 Å². The molecule has 0 saturated carbocycles. The van der Waals surface area contributed by atoms with E-state index in [1.54, 1.807) is 48.5 Å². The van der Waals surface area contributed by atoms with E-state index in [0.717, 1.165) is 23.1 Å². The van der Waals surface area contributed by atoms with Crippen LogP contribution in [-0.4, -0.2) is 98.4 Å². The van der Waals surface area contributed by atoms with Gasteiger partial charge in [-0.25, -0.2) is 25.2 Å². The number of esters is 1. The smallest absolute Gasteiger partial charge is 0.426 e. The maximum absolute atomic E-state index is 12.7. The van der Waals surface area contributed by atoms with Gasteiger partial charge in [0.05, 0.1) is 20.1 Å². The highest BCUT2D eigenvalue weighted by Crippen LogP contribution is 2.04. The number of methoxy groups -OCH3 is 2. The van der Waals surface area contributed by atoms with Crippen molar-refractivity contribution in [3.8, 4) is 0 Å². The highest BCUT2D eigenvalue weighted by atomic mass is 16.6. The van der Waals surface area contributed by atoms with Crippen molar-refractivity contribution in [2.45, 2.75) is 38.5 Å². The Hall–Kier alpha value is -5.91. The van der Waals surface area contributed by atoms with Gasteiger partial charge in [0.1, 0.15) is 32.3 Å². The van der Waals surface area contributed by atoms with E-state index in [1.807, 2.05) is 12.1 Å². The average molecular weight is 688 g/mol. The van der Waals surface area contributed by atoms with Crippen LogP contribution in [0.15, 0.2) is 65.7 Å². The minimum absolute atomic E-state index is 0.000820. The van der Waals surface area contributed by atoms with Gasteiger partial charge in [-0.05, 0) is 24.0 Å².